The van der Waals surface area contributed by atoms with Crippen LogP contribution in [0.1, 0.15) is 25.7 Å². The second kappa shape index (κ2) is 7.00. The molecule has 0 spiro atoms. The van der Waals surface area contributed by atoms with Gasteiger partial charge in [-0.1, -0.05) is 6.42 Å². The second-order valence-electron chi connectivity index (χ2n) is 7.67. The number of fused-ring (bicyclic) bond motifs is 1. The second-order valence-corrected chi connectivity index (χ2v) is 11.7. The van der Waals surface area contributed by atoms with Crippen molar-refractivity contribution in [2.45, 2.75) is 36.6 Å². The highest BCUT2D eigenvalue weighted by atomic mass is 32.2. The van der Waals surface area contributed by atoms with E-state index in [4.69, 9.17) is 4.74 Å². The molecule has 0 bridgehead atoms. The summed E-state index contributed by atoms with van der Waals surface area (Å²) < 4.78 is 57.1. The number of carbonyl (C=O) groups excluding carboxylic acids is 1. The highest BCUT2D eigenvalue weighted by Gasteiger charge is 2.49. The number of sulfone groups is 1. The molecule has 3 aliphatic rings. The summed E-state index contributed by atoms with van der Waals surface area (Å²) in [6.45, 7) is 0.919. The first-order valence-corrected chi connectivity index (χ1v) is 12.7. The van der Waals surface area contributed by atoms with E-state index in [0.29, 0.717) is 18.8 Å². The van der Waals surface area contributed by atoms with Crippen LogP contribution in [0, 0.1) is 5.92 Å². The van der Waals surface area contributed by atoms with Gasteiger partial charge in [0.1, 0.15) is 10.6 Å². The van der Waals surface area contributed by atoms with Gasteiger partial charge in [-0.25, -0.2) is 16.8 Å². The van der Waals surface area contributed by atoms with Crippen molar-refractivity contribution in [3.05, 3.63) is 18.2 Å². The Morgan fingerprint density at radius 2 is 1.82 bits per heavy atom. The van der Waals surface area contributed by atoms with Crippen molar-refractivity contribution in [2.75, 3.05) is 36.6 Å². The standard InChI is InChI=1S/C18H24N2O6S2/c1-26-16-6-5-14(10-17(16)28(24,25)19-7-3-2-4-8-19)20-15-12-27(22,23)11-13(15)9-18(20)21/h5-6,10,13,15H,2-4,7-9,11-12H2,1H3/t13-,15-/m0/s1. The van der Waals surface area contributed by atoms with Crippen molar-refractivity contribution in [1.29, 1.82) is 0 Å². The summed E-state index contributed by atoms with van der Waals surface area (Å²) in [7, 11) is -5.54. The first kappa shape index (κ1) is 19.7. The third-order valence-electron chi connectivity index (χ3n) is 5.83. The summed E-state index contributed by atoms with van der Waals surface area (Å²) in [4.78, 5) is 14.0. The highest BCUT2D eigenvalue weighted by molar-refractivity contribution is 7.91. The van der Waals surface area contributed by atoms with Crippen molar-refractivity contribution in [2.24, 2.45) is 5.92 Å². The molecule has 4 rings (SSSR count). The number of hydrogen-bond donors (Lipinski definition) is 0. The largest absolute Gasteiger partial charge is 0.495 e. The molecule has 1 aromatic carbocycles. The van der Waals surface area contributed by atoms with Gasteiger partial charge in [-0.2, -0.15) is 4.31 Å². The number of anilines is 1. The molecule has 3 saturated heterocycles. The number of rotatable bonds is 4. The van der Waals surface area contributed by atoms with Crippen LogP contribution in [0.5, 0.6) is 5.75 Å². The van der Waals surface area contributed by atoms with Crippen LogP contribution in [0.2, 0.25) is 0 Å². The fourth-order valence-electron chi connectivity index (χ4n) is 4.49. The quantitative estimate of drug-likeness (QED) is 0.710. The minimum atomic E-state index is -3.77. The maximum absolute atomic E-state index is 13.2. The molecular weight excluding hydrogens is 404 g/mol. The lowest BCUT2D eigenvalue weighted by Crippen LogP contribution is -2.37. The van der Waals surface area contributed by atoms with E-state index in [0.717, 1.165) is 19.3 Å². The Labute approximate surface area is 165 Å². The van der Waals surface area contributed by atoms with Gasteiger partial charge in [-0.3, -0.25) is 4.79 Å². The van der Waals surface area contributed by atoms with Gasteiger partial charge in [0.25, 0.3) is 0 Å². The number of amides is 1. The van der Waals surface area contributed by atoms with Crippen molar-refractivity contribution < 1.29 is 26.4 Å². The zero-order chi connectivity index (χ0) is 20.1. The van der Waals surface area contributed by atoms with Gasteiger partial charge in [0, 0.05) is 31.1 Å². The Balaban J connectivity index is 1.74. The number of methoxy groups -OCH3 is 1. The fraction of sp³-hybridized carbons (Fsp3) is 0.611. The van der Waals surface area contributed by atoms with Crippen molar-refractivity contribution in [1.82, 2.24) is 4.31 Å². The predicted molar refractivity (Wildman–Crippen MR) is 104 cm³/mol. The van der Waals surface area contributed by atoms with E-state index in [1.165, 1.54) is 28.4 Å². The minimum Gasteiger partial charge on any atom is -0.495 e. The molecule has 0 saturated carbocycles. The van der Waals surface area contributed by atoms with E-state index in [1.54, 1.807) is 6.07 Å². The van der Waals surface area contributed by atoms with Crippen molar-refractivity contribution in [3.8, 4) is 5.75 Å². The molecule has 3 heterocycles. The molecule has 0 aliphatic carbocycles. The zero-order valence-electron chi connectivity index (χ0n) is 15.7. The first-order valence-electron chi connectivity index (χ1n) is 9.43. The number of nitrogens with zero attached hydrogens (tertiary/aromatic N) is 2. The molecule has 8 nitrogen and oxygen atoms in total. The Morgan fingerprint density at radius 1 is 1.11 bits per heavy atom. The normalized spacial score (nSPS) is 27.8. The van der Waals surface area contributed by atoms with Crippen LogP contribution >= 0.6 is 0 Å². The highest BCUT2D eigenvalue weighted by Crippen LogP contribution is 2.40. The number of piperidine rings is 1. The average molecular weight is 429 g/mol. The van der Waals surface area contributed by atoms with Crippen LogP contribution in [0.25, 0.3) is 0 Å². The molecule has 2 atom stereocenters. The van der Waals surface area contributed by atoms with Crippen LogP contribution in [0.3, 0.4) is 0 Å². The number of hydrogen-bond acceptors (Lipinski definition) is 6. The van der Waals surface area contributed by atoms with Gasteiger partial charge in [0.2, 0.25) is 15.9 Å². The van der Waals surface area contributed by atoms with Crippen LogP contribution < -0.4 is 9.64 Å². The van der Waals surface area contributed by atoms with E-state index in [9.17, 15) is 21.6 Å². The minimum absolute atomic E-state index is 0.00892. The molecule has 0 aromatic heterocycles. The molecular formula is C18H24N2O6S2. The van der Waals surface area contributed by atoms with Crippen LogP contribution in [-0.4, -0.2) is 64.8 Å². The van der Waals surface area contributed by atoms with E-state index >= 15 is 0 Å². The lowest BCUT2D eigenvalue weighted by atomic mass is 10.0. The molecule has 1 amide bonds. The third-order valence-corrected chi connectivity index (χ3v) is 9.54. The Bertz CT molecular complexity index is 999. The Hall–Kier alpha value is -1.65. The molecule has 3 fully saturated rings. The van der Waals surface area contributed by atoms with Crippen LogP contribution in [0.15, 0.2) is 23.1 Å². The number of carbonyl (C=O) groups is 1. The third kappa shape index (κ3) is 3.31. The fourth-order valence-corrected chi connectivity index (χ4v) is 8.25. The van der Waals surface area contributed by atoms with Gasteiger partial charge in [-0.05, 0) is 31.0 Å². The summed E-state index contributed by atoms with van der Waals surface area (Å²) in [6, 6.07) is 4.18. The zero-order valence-corrected chi connectivity index (χ0v) is 17.3. The molecule has 0 N–H and O–H groups in total. The monoisotopic (exact) mass is 428 g/mol. The van der Waals surface area contributed by atoms with Crippen LogP contribution in [-0.2, 0) is 24.7 Å². The van der Waals surface area contributed by atoms with Crippen LogP contribution in [0.4, 0.5) is 5.69 Å². The molecule has 0 radical (unpaired) electrons. The lowest BCUT2D eigenvalue weighted by Gasteiger charge is -2.28. The van der Waals surface area contributed by atoms with E-state index < -0.39 is 25.9 Å². The number of benzene rings is 1. The summed E-state index contributed by atoms with van der Waals surface area (Å²) >= 11 is 0. The van der Waals surface area contributed by atoms with Crippen molar-refractivity contribution >= 4 is 31.5 Å². The van der Waals surface area contributed by atoms with E-state index in [1.807, 2.05) is 0 Å². The summed E-state index contributed by atoms with van der Waals surface area (Å²) in [5, 5.41) is 0. The summed E-state index contributed by atoms with van der Waals surface area (Å²) in [6.07, 6.45) is 2.80. The maximum Gasteiger partial charge on any atom is 0.246 e. The Morgan fingerprint density at radius 3 is 2.50 bits per heavy atom. The summed E-state index contributed by atoms with van der Waals surface area (Å²) in [5.74, 6) is -0.256. The van der Waals surface area contributed by atoms with Gasteiger partial charge in [0.05, 0.1) is 24.7 Å². The summed E-state index contributed by atoms with van der Waals surface area (Å²) in [5.41, 5.74) is 0.408. The van der Waals surface area contributed by atoms with E-state index in [2.05, 4.69) is 0 Å². The number of sulfonamides is 1. The predicted octanol–water partition coefficient (Wildman–Crippen LogP) is 1.02. The smallest absolute Gasteiger partial charge is 0.246 e. The van der Waals surface area contributed by atoms with Gasteiger partial charge in [0.15, 0.2) is 9.84 Å². The molecule has 28 heavy (non-hydrogen) atoms. The SMILES string of the molecule is COc1ccc(N2C(=O)C[C@H]3CS(=O)(=O)C[C@@H]32)cc1S(=O)(=O)N1CCCCC1. The number of ether oxygens (including phenoxy) is 1. The molecule has 3 aliphatic heterocycles. The van der Waals surface area contributed by atoms with Crippen molar-refractivity contribution in [3.63, 3.8) is 0 Å². The molecule has 154 valence electrons. The first-order chi connectivity index (χ1) is 13.2. The molecule has 0 unspecified atom stereocenters. The maximum atomic E-state index is 13.2. The topological polar surface area (TPSA) is 101 Å². The lowest BCUT2D eigenvalue weighted by molar-refractivity contribution is -0.117. The molecule has 1 aromatic rings. The van der Waals surface area contributed by atoms with Gasteiger partial charge < -0.3 is 9.64 Å². The average Bonchev–Trinajstić information content (AvgIpc) is 3.11. The van der Waals surface area contributed by atoms with Gasteiger partial charge >= 0.3 is 0 Å². The van der Waals surface area contributed by atoms with Gasteiger partial charge in [-0.15, -0.1) is 0 Å². The van der Waals surface area contributed by atoms with E-state index in [-0.39, 0.29) is 40.4 Å². The molecule has 10 heteroatoms. The Kier molecular flexibility index (Phi) is 4.91.